The molecule has 1 heterocycles. The van der Waals surface area contributed by atoms with Crippen LogP contribution in [0.25, 0.3) is 6.08 Å². The minimum atomic E-state index is -0.646. The molecule has 0 aliphatic rings. The van der Waals surface area contributed by atoms with Gasteiger partial charge in [0.15, 0.2) is 0 Å². The van der Waals surface area contributed by atoms with E-state index in [1.165, 1.54) is 18.6 Å². The number of nitrogens with zero attached hydrogens (tertiary/aromatic N) is 1. The number of hydrogen-bond acceptors (Lipinski definition) is 4. The molecule has 19 heavy (non-hydrogen) atoms. The van der Waals surface area contributed by atoms with Crippen LogP contribution in [0.3, 0.4) is 0 Å². The topological polar surface area (TPSA) is 63.2 Å². The zero-order valence-electron chi connectivity index (χ0n) is 10.1. The summed E-state index contributed by atoms with van der Waals surface area (Å²) in [7, 11) is 0. The van der Waals surface area contributed by atoms with Gasteiger partial charge in [-0.25, -0.2) is 4.79 Å². The third kappa shape index (κ3) is 3.58. The summed E-state index contributed by atoms with van der Waals surface area (Å²) in [5.74, 6) is -0.646. The van der Waals surface area contributed by atoms with Crippen LogP contribution in [0.2, 0.25) is 0 Å². The number of ether oxygens (including phenoxy) is 1. The van der Waals surface area contributed by atoms with Crippen LogP contribution in [0.4, 0.5) is 0 Å². The van der Waals surface area contributed by atoms with E-state index in [0.29, 0.717) is 5.56 Å². The van der Waals surface area contributed by atoms with Crippen molar-refractivity contribution in [2.24, 2.45) is 0 Å². The first kappa shape index (κ1) is 12.7. The number of furan rings is 1. The van der Waals surface area contributed by atoms with Gasteiger partial charge in [0.1, 0.15) is 18.2 Å². The Hall–Kier alpha value is -2.80. The van der Waals surface area contributed by atoms with Gasteiger partial charge in [0.2, 0.25) is 0 Å². The molecule has 0 saturated heterocycles. The number of benzene rings is 1. The Balaban J connectivity index is 2.01. The van der Waals surface area contributed by atoms with E-state index in [-0.39, 0.29) is 12.2 Å². The predicted octanol–water partition coefficient (Wildman–Crippen LogP) is 2.93. The molecule has 0 atom stereocenters. The molecule has 0 saturated carbocycles. The van der Waals surface area contributed by atoms with E-state index in [4.69, 9.17) is 14.4 Å². The normalized spacial score (nSPS) is 10.8. The predicted molar refractivity (Wildman–Crippen MR) is 68.5 cm³/mol. The molecule has 0 fully saturated rings. The fourth-order valence-electron chi connectivity index (χ4n) is 1.46. The Labute approximate surface area is 110 Å². The summed E-state index contributed by atoms with van der Waals surface area (Å²) in [5.41, 5.74) is 1.46. The van der Waals surface area contributed by atoms with Crippen molar-refractivity contribution in [1.82, 2.24) is 0 Å². The second-order valence-electron chi connectivity index (χ2n) is 3.79. The lowest BCUT2D eigenvalue weighted by Gasteiger charge is -2.03. The van der Waals surface area contributed by atoms with Crippen molar-refractivity contribution in [2.75, 3.05) is 0 Å². The van der Waals surface area contributed by atoms with Crippen molar-refractivity contribution in [3.8, 4) is 6.07 Å². The molecule has 4 nitrogen and oxygen atoms in total. The van der Waals surface area contributed by atoms with Gasteiger partial charge in [0.05, 0.1) is 12.5 Å². The third-order valence-electron chi connectivity index (χ3n) is 2.41. The fraction of sp³-hybridized carbons (Fsp3) is 0.0667. The molecule has 94 valence electrons. The molecule has 2 aromatic rings. The lowest BCUT2D eigenvalue weighted by molar-refractivity contribution is -0.139. The number of carbonyl (C=O) groups excluding carboxylic acids is 1. The maximum Gasteiger partial charge on any atom is 0.349 e. The summed E-state index contributed by atoms with van der Waals surface area (Å²) in [6, 6.07) is 12.8. The number of nitriles is 1. The van der Waals surface area contributed by atoms with Crippen LogP contribution in [0.1, 0.15) is 11.1 Å². The zero-order valence-corrected chi connectivity index (χ0v) is 10.1. The first-order valence-corrected chi connectivity index (χ1v) is 5.64. The van der Waals surface area contributed by atoms with Crippen LogP contribution in [-0.2, 0) is 16.1 Å². The van der Waals surface area contributed by atoms with Gasteiger partial charge in [0.25, 0.3) is 0 Å². The Morgan fingerprint density at radius 2 is 2.11 bits per heavy atom. The molecule has 1 aromatic heterocycles. The van der Waals surface area contributed by atoms with E-state index in [2.05, 4.69) is 0 Å². The minimum Gasteiger partial charge on any atom is -0.472 e. The molecule has 0 amide bonds. The summed E-state index contributed by atoms with van der Waals surface area (Å²) >= 11 is 0. The average molecular weight is 253 g/mol. The van der Waals surface area contributed by atoms with Crippen molar-refractivity contribution in [3.63, 3.8) is 0 Å². The monoisotopic (exact) mass is 253 g/mol. The van der Waals surface area contributed by atoms with Crippen molar-refractivity contribution in [1.29, 1.82) is 5.26 Å². The van der Waals surface area contributed by atoms with Crippen molar-refractivity contribution < 1.29 is 13.9 Å². The van der Waals surface area contributed by atoms with Crippen LogP contribution >= 0.6 is 0 Å². The van der Waals surface area contributed by atoms with Crippen LogP contribution in [0.5, 0.6) is 0 Å². The lowest BCUT2D eigenvalue weighted by atomic mass is 10.2. The van der Waals surface area contributed by atoms with E-state index in [1.54, 1.807) is 6.07 Å². The Bertz CT molecular complexity index is 607. The van der Waals surface area contributed by atoms with E-state index in [1.807, 2.05) is 36.4 Å². The van der Waals surface area contributed by atoms with Crippen molar-refractivity contribution >= 4 is 12.0 Å². The molecule has 0 aliphatic carbocycles. The Morgan fingerprint density at radius 3 is 2.74 bits per heavy atom. The van der Waals surface area contributed by atoms with Gasteiger partial charge in [-0.1, -0.05) is 30.3 Å². The van der Waals surface area contributed by atoms with Crippen molar-refractivity contribution in [3.05, 3.63) is 65.6 Å². The smallest absolute Gasteiger partial charge is 0.349 e. The van der Waals surface area contributed by atoms with Gasteiger partial charge in [-0.2, -0.15) is 5.26 Å². The minimum absolute atomic E-state index is 0.0580. The molecule has 0 aliphatic heterocycles. The van der Waals surface area contributed by atoms with E-state index in [0.717, 1.165) is 5.56 Å². The fourth-order valence-corrected chi connectivity index (χ4v) is 1.46. The van der Waals surface area contributed by atoms with Gasteiger partial charge in [0, 0.05) is 5.56 Å². The number of carbonyl (C=O) groups is 1. The van der Waals surface area contributed by atoms with Crippen LogP contribution < -0.4 is 0 Å². The zero-order chi connectivity index (χ0) is 13.5. The first-order valence-electron chi connectivity index (χ1n) is 5.64. The van der Waals surface area contributed by atoms with E-state index in [9.17, 15) is 4.79 Å². The van der Waals surface area contributed by atoms with Crippen LogP contribution in [0, 0.1) is 11.3 Å². The van der Waals surface area contributed by atoms with Crippen molar-refractivity contribution in [2.45, 2.75) is 6.61 Å². The Kier molecular flexibility index (Phi) is 4.14. The number of hydrogen-bond donors (Lipinski definition) is 0. The summed E-state index contributed by atoms with van der Waals surface area (Å²) < 4.78 is 9.93. The summed E-state index contributed by atoms with van der Waals surface area (Å²) in [5, 5.41) is 8.94. The highest BCUT2D eigenvalue weighted by Gasteiger charge is 2.11. The molecule has 0 radical (unpaired) electrons. The van der Waals surface area contributed by atoms with Gasteiger partial charge in [-0.05, 0) is 17.7 Å². The lowest BCUT2D eigenvalue weighted by Crippen LogP contribution is -2.06. The quantitative estimate of drug-likeness (QED) is 0.477. The van der Waals surface area contributed by atoms with E-state index < -0.39 is 5.97 Å². The largest absolute Gasteiger partial charge is 0.472 e. The van der Waals surface area contributed by atoms with Gasteiger partial charge in [-0.15, -0.1) is 0 Å². The maximum absolute atomic E-state index is 11.7. The first-order chi connectivity index (χ1) is 9.29. The van der Waals surface area contributed by atoms with Crippen LogP contribution in [0.15, 0.2) is 58.9 Å². The molecular weight excluding hydrogens is 242 g/mol. The summed E-state index contributed by atoms with van der Waals surface area (Å²) in [6.45, 7) is 0.143. The molecule has 0 spiro atoms. The molecule has 2 rings (SSSR count). The third-order valence-corrected chi connectivity index (χ3v) is 2.41. The number of esters is 1. The second-order valence-corrected chi connectivity index (χ2v) is 3.79. The average Bonchev–Trinajstić information content (AvgIpc) is 2.96. The maximum atomic E-state index is 11.7. The highest BCUT2D eigenvalue weighted by atomic mass is 16.5. The molecular formula is C15H11NO3. The summed E-state index contributed by atoms with van der Waals surface area (Å²) in [4.78, 5) is 11.7. The SMILES string of the molecule is N#C/C(=C\c1ccoc1)C(=O)OCc1ccccc1. The van der Waals surface area contributed by atoms with Gasteiger partial charge >= 0.3 is 5.97 Å². The molecule has 1 aromatic carbocycles. The molecule has 4 heteroatoms. The standard InChI is InChI=1S/C15H11NO3/c16-9-14(8-13-6-7-18-10-13)15(17)19-11-12-4-2-1-3-5-12/h1-8,10H,11H2/b14-8+. The van der Waals surface area contributed by atoms with Crippen LogP contribution in [-0.4, -0.2) is 5.97 Å². The highest BCUT2D eigenvalue weighted by molar-refractivity contribution is 5.97. The highest BCUT2D eigenvalue weighted by Crippen LogP contribution is 2.09. The van der Waals surface area contributed by atoms with Gasteiger partial charge in [-0.3, -0.25) is 0 Å². The molecule has 0 N–H and O–H groups in total. The van der Waals surface area contributed by atoms with E-state index >= 15 is 0 Å². The molecule has 0 unspecified atom stereocenters. The van der Waals surface area contributed by atoms with Gasteiger partial charge < -0.3 is 9.15 Å². The Morgan fingerprint density at radius 1 is 1.32 bits per heavy atom. The molecule has 0 bridgehead atoms. The second kappa shape index (κ2) is 6.22. The number of rotatable bonds is 4. The summed E-state index contributed by atoms with van der Waals surface area (Å²) in [6.07, 6.45) is 4.34.